The van der Waals surface area contributed by atoms with Gasteiger partial charge < -0.3 is 5.73 Å². The van der Waals surface area contributed by atoms with Gasteiger partial charge in [0.15, 0.2) is 9.34 Å². The summed E-state index contributed by atoms with van der Waals surface area (Å²) in [5.41, 5.74) is 5.96. The molecule has 1 saturated carbocycles. The van der Waals surface area contributed by atoms with Crippen LogP contribution < -0.4 is 10.5 Å². The summed E-state index contributed by atoms with van der Waals surface area (Å²) in [7, 11) is -3.45. The Hall–Kier alpha value is -0.660. The monoisotopic (exact) mass is 261 g/mol. The summed E-state index contributed by atoms with van der Waals surface area (Å²) in [4.78, 5) is 3.92. The van der Waals surface area contributed by atoms with Crippen LogP contribution in [0.15, 0.2) is 4.21 Å². The van der Waals surface area contributed by atoms with E-state index in [1.165, 1.54) is 0 Å². The molecule has 16 heavy (non-hydrogen) atoms. The van der Waals surface area contributed by atoms with E-state index < -0.39 is 10.0 Å². The van der Waals surface area contributed by atoms with E-state index in [-0.39, 0.29) is 15.4 Å². The predicted molar refractivity (Wildman–Crippen MR) is 63.8 cm³/mol. The van der Waals surface area contributed by atoms with Crippen LogP contribution in [-0.4, -0.2) is 19.4 Å². The van der Waals surface area contributed by atoms with Crippen molar-refractivity contribution in [2.75, 3.05) is 5.73 Å². The van der Waals surface area contributed by atoms with Crippen molar-refractivity contribution in [3.05, 3.63) is 5.69 Å². The zero-order valence-corrected chi connectivity index (χ0v) is 10.9. The minimum Gasteiger partial charge on any atom is -0.375 e. The Morgan fingerprint density at radius 2 is 2.19 bits per heavy atom. The lowest BCUT2D eigenvalue weighted by Crippen LogP contribution is -2.33. The Morgan fingerprint density at radius 3 is 2.62 bits per heavy atom. The number of nitrogens with two attached hydrogens (primary N) is 1. The molecular weight excluding hydrogens is 246 g/mol. The molecule has 7 heteroatoms. The van der Waals surface area contributed by atoms with E-state index in [0.29, 0.717) is 11.6 Å². The van der Waals surface area contributed by atoms with Gasteiger partial charge in [0.05, 0.1) is 5.69 Å². The number of anilines is 1. The first-order valence-corrected chi connectivity index (χ1v) is 7.45. The largest absolute Gasteiger partial charge is 0.375 e. The first kappa shape index (κ1) is 11.8. The molecule has 0 amide bonds. The molecule has 0 radical (unpaired) electrons. The Morgan fingerprint density at radius 1 is 1.56 bits per heavy atom. The van der Waals surface area contributed by atoms with Crippen molar-refractivity contribution >= 4 is 26.5 Å². The zero-order valence-electron chi connectivity index (χ0n) is 9.23. The van der Waals surface area contributed by atoms with Crippen LogP contribution >= 0.6 is 11.3 Å². The molecule has 1 aromatic rings. The SMILES string of the molecule is Cc1nc(N)sc1S(=O)(=O)NC(C)C1CC1. The standard InChI is InChI=1S/C9H15N3O2S2/c1-5(7-3-4-7)12-16(13,14)8-6(2)11-9(10)15-8/h5,7,12H,3-4H2,1-2H3,(H2,10,11). The molecule has 1 atom stereocenters. The van der Waals surface area contributed by atoms with Crippen LogP contribution in [0.1, 0.15) is 25.5 Å². The van der Waals surface area contributed by atoms with Crippen molar-refractivity contribution in [1.29, 1.82) is 0 Å². The van der Waals surface area contributed by atoms with Crippen molar-refractivity contribution in [1.82, 2.24) is 9.71 Å². The summed E-state index contributed by atoms with van der Waals surface area (Å²) in [6.45, 7) is 3.55. The minimum atomic E-state index is -3.45. The highest BCUT2D eigenvalue weighted by molar-refractivity contribution is 7.91. The van der Waals surface area contributed by atoms with Gasteiger partial charge in [-0.1, -0.05) is 11.3 Å². The van der Waals surface area contributed by atoms with Crippen LogP contribution in [0.4, 0.5) is 5.13 Å². The van der Waals surface area contributed by atoms with Crippen molar-refractivity contribution < 1.29 is 8.42 Å². The molecule has 1 fully saturated rings. The Labute approximate surface area is 99.1 Å². The molecule has 0 aliphatic heterocycles. The van der Waals surface area contributed by atoms with Crippen molar-refractivity contribution in [3.63, 3.8) is 0 Å². The van der Waals surface area contributed by atoms with E-state index in [2.05, 4.69) is 9.71 Å². The lowest BCUT2D eigenvalue weighted by atomic mass is 10.2. The Bertz CT molecular complexity index is 491. The fourth-order valence-electron chi connectivity index (χ4n) is 1.64. The fourth-order valence-corrected chi connectivity index (χ4v) is 4.27. The number of sulfonamides is 1. The first-order chi connectivity index (χ1) is 7.40. The summed E-state index contributed by atoms with van der Waals surface area (Å²) < 4.78 is 26.9. The van der Waals surface area contributed by atoms with E-state index in [1.807, 2.05) is 6.92 Å². The first-order valence-electron chi connectivity index (χ1n) is 5.15. The molecule has 5 nitrogen and oxygen atoms in total. The van der Waals surface area contributed by atoms with Gasteiger partial charge in [0.2, 0.25) is 0 Å². The number of thiazole rings is 1. The molecule has 90 valence electrons. The summed E-state index contributed by atoms with van der Waals surface area (Å²) in [6, 6.07) is -0.00674. The normalized spacial score (nSPS) is 18.6. The van der Waals surface area contributed by atoms with E-state index in [9.17, 15) is 8.42 Å². The van der Waals surface area contributed by atoms with Crippen molar-refractivity contribution in [2.45, 2.75) is 36.9 Å². The summed E-state index contributed by atoms with van der Waals surface area (Å²) in [6.07, 6.45) is 2.21. The average Bonchev–Trinajstić information content (AvgIpc) is 2.91. The second kappa shape index (κ2) is 3.97. The van der Waals surface area contributed by atoms with E-state index >= 15 is 0 Å². The molecule has 1 aliphatic carbocycles. The molecule has 1 aromatic heterocycles. The highest BCUT2D eigenvalue weighted by Crippen LogP contribution is 2.33. The summed E-state index contributed by atoms with van der Waals surface area (Å²) in [5.74, 6) is 0.486. The van der Waals surface area contributed by atoms with E-state index in [0.717, 1.165) is 24.2 Å². The average molecular weight is 261 g/mol. The van der Waals surface area contributed by atoms with Gasteiger partial charge in [0.1, 0.15) is 0 Å². The molecule has 0 bridgehead atoms. The third-order valence-electron chi connectivity index (χ3n) is 2.68. The molecular formula is C9H15N3O2S2. The Kier molecular flexibility index (Phi) is 2.93. The van der Waals surface area contributed by atoms with Crippen LogP contribution in [-0.2, 0) is 10.0 Å². The highest BCUT2D eigenvalue weighted by atomic mass is 32.2. The van der Waals surface area contributed by atoms with Crippen molar-refractivity contribution in [3.8, 4) is 0 Å². The maximum absolute atomic E-state index is 12.0. The number of aromatic nitrogens is 1. The quantitative estimate of drug-likeness (QED) is 0.850. The second-order valence-corrected chi connectivity index (χ2v) is 7.11. The topological polar surface area (TPSA) is 85.1 Å². The predicted octanol–water partition coefficient (Wildman–Crippen LogP) is 1.11. The number of nitrogens with zero attached hydrogens (tertiary/aromatic N) is 1. The number of nitrogens with one attached hydrogen (secondary N) is 1. The van der Waals surface area contributed by atoms with Gasteiger partial charge in [-0.25, -0.2) is 18.1 Å². The van der Waals surface area contributed by atoms with Gasteiger partial charge in [0.25, 0.3) is 10.0 Å². The third kappa shape index (κ3) is 2.36. The summed E-state index contributed by atoms with van der Waals surface area (Å²) in [5, 5.41) is 0.289. The molecule has 2 rings (SSSR count). The van der Waals surface area contributed by atoms with Gasteiger partial charge in [0, 0.05) is 6.04 Å². The maximum atomic E-state index is 12.0. The van der Waals surface area contributed by atoms with Gasteiger partial charge in [-0.2, -0.15) is 0 Å². The second-order valence-electron chi connectivity index (χ2n) is 4.17. The van der Waals surface area contributed by atoms with Crippen molar-refractivity contribution in [2.24, 2.45) is 5.92 Å². The lowest BCUT2D eigenvalue weighted by molar-refractivity contribution is 0.539. The van der Waals surface area contributed by atoms with Gasteiger partial charge in [-0.05, 0) is 32.6 Å². The van der Waals surface area contributed by atoms with Crippen LogP contribution in [0.3, 0.4) is 0 Å². The number of hydrogen-bond acceptors (Lipinski definition) is 5. The molecule has 3 N–H and O–H groups in total. The van der Waals surface area contributed by atoms with E-state index in [1.54, 1.807) is 6.92 Å². The number of hydrogen-bond donors (Lipinski definition) is 2. The molecule has 1 unspecified atom stereocenters. The van der Waals surface area contributed by atoms with Crippen LogP contribution in [0.2, 0.25) is 0 Å². The van der Waals surface area contributed by atoms with Gasteiger partial charge in [-0.15, -0.1) is 0 Å². The number of aryl methyl sites for hydroxylation is 1. The zero-order chi connectivity index (χ0) is 11.9. The van der Waals surface area contributed by atoms with Crippen LogP contribution in [0.5, 0.6) is 0 Å². The third-order valence-corrected chi connectivity index (χ3v) is 5.84. The summed E-state index contributed by atoms with van der Waals surface area (Å²) >= 11 is 1.01. The molecule has 0 aromatic carbocycles. The smallest absolute Gasteiger partial charge is 0.252 e. The number of rotatable bonds is 4. The van der Waals surface area contributed by atoms with Crippen LogP contribution in [0.25, 0.3) is 0 Å². The van der Waals surface area contributed by atoms with Crippen LogP contribution in [0, 0.1) is 12.8 Å². The molecule has 1 aliphatic rings. The van der Waals surface area contributed by atoms with Gasteiger partial charge in [-0.3, -0.25) is 0 Å². The minimum absolute atomic E-state index is 0.00674. The molecule has 0 saturated heterocycles. The van der Waals surface area contributed by atoms with Gasteiger partial charge >= 0.3 is 0 Å². The fraction of sp³-hybridized carbons (Fsp3) is 0.667. The molecule has 0 spiro atoms. The maximum Gasteiger partial charge on any atom is 0.252 e. The lowest BCUT2D eigenvalue weighted by Gasteiger charge is -2.12. The molecule has 1 heterocycles. The van der Waals surface area contributed by atoms with E-state index in [4.69, 9.17) is 5.73 Å². The highest BCUT2D eigenvalue weighted by Gasteiger charge is 2.32. The Balaban J connectivity index is 2.21. The number of nitrogen functional groups attached to an aromatic ring is 1.